The normalized spacial score (nSPS) is 19.1. The minimum atomic E-state index is -0.283. The van der Waals surface area contributed by atoms with Crippen molar-refractivity contribution in [3.8, 4) is 11.8 Å². The quantitative estimate of drug-likeness (QED) is 0.855. The van der Waals surface area contributed by atoms with Crippen LogP contribution in [0.15, 0.2) is 24.4 Å². The predicted octanol–water partition coefficient (Wildman–Crippen LogP) is 3.30. The van der Waals surface area contributed by atoms with Crippen molar-refractivity contribution in [3.05, 3.63) is 47.0 Å². The Hall–Kier alpha value is -3.01. The SMILES string of the molecule is Cc1cc(OC2CCC(NC(=O)c3ncc(C(C)C)nn3)CC2)ccc1C#N. The van der Waals surface area contributed by atoms with Crippen LogP contribution in [0.4, 0.5) is 0 Å². The molecule has 0 atom stereocenters. The van der Waals surface area contributed by atoms with E-state index in [9.17, 15) is 4.79 Å². The monoisotopic (exact) mass is 379 g/mol. The van der Waals surface area contributed by atoms with Gasteiger partial charge in [-0.05, 0) is 62.3 Å². The van der Waals surface area contributed by atoms with Gasteiger partial charge in [0.2, 0.25) is 5.82 Å². The number of aryl methyl sites for hydroxylation is 1. The van der Waals surface area contributed by atoms with E-state index < -0.39 is 0 Å². The Kier molecular flexibility index (Phi) is 6.19. The third-order valence-corrected chi connectivity index (χ3v) is 5.00. The summed E-state index contributed by atoms with van der Waals surface area (Å²) < 4.78 is 6.05. The Morgan fingerprint density at radius 2 is 2.00 bits per heavy atom. The number of amides is 1. The van der Waals surface area contributed by atoms with Crippen molar-refractivity contribution in [2.75, 3.05) is 0 Å². The van der Waals surface area contributed by atoms with Crippen LogP contribution in [0.3, 0.4) is 0 Å². The molecule has 7 nitrogen and oxygen atoms in total. The number of carbonyl (C=O) groups is 1. The molecule has 1 N–H and O–H groups in total. The second-order valence-corrected chi connectivity index (χ2v) is 7.51. The van der Waals surface area contributed by atoms with Crippen molar-refractivity contribution in [1.82, 2.24) is 20.5 Å². The standard InChI is InChI=1S/C21H25N5O2/c1-13(2)19-12-23-20(26-25-19)21(27)24-16-5-8-17(9-6-16)28-18-7-4-15(11-22)14(3)10-18/h4,7,10,12-13,16-17H,5-6,8-9H2,1-3H3,(H,24,27). The van der Waals surface area contributed by atoms with E-state index in [1.54, 1.807) is 12.3 Å². The van der Waals surface area contributed by atoms with Gasteiger partial charge in [0.15, 0.2) is 0 Å². The van der Waals surface area contributed by atoms with Gasteiger partial charge in [-0.15, -0.1) is 5.10 Å². The average Bonchev–Trinajstić information content (AvgIpc) is 2.69. The van der Waals surface area contributed by atoms with E-state index in [1.165, 1.54) is 0 Å². The predicted molar refractivity (Wildman–Crippen MR) is 104 cm³/mol. The lowest BCUT2D eigenvalue weighted by atomic mass is 9.93. The van der Waals surface area contributed by atoms with Gasteiger partial charge in [0.1, 0.15) is 5.75 Å². The lowest BCUT2D eigenvalue weighted by Crippen LogP contribution is -2.40. The first kappa shape index (κ1) is 19.7. The fraction of sp³-hybridized carbons (Fsp3) is 0.476. The van der Waals surface area contributed by atoms with Gasteiger partial charge >= 0.3 is 0 Å². The summed E-state index contributed by atoms with van der Waals surface area (Å²) >= 11 is 0. The number of nitriles is 1. The third kappa shape index (κ3) is 4.83. The second kappa shape index (κ2) is 8.79. The Labute approximate surface area is 165 Å². The molecule has 1 saturated carbocycles. The molecule has 0 saturated heterocycles. The van der Waals surface area contributed by atoms with E-state index in [0.717, 1.165) is 42.7 Å². The number of carbonyl (C=O) groups excluding carboxylic acids is 1. The van der Waals surface area contributed by atoms with Crippen LogP contribution < -0.4 is 10.1 Å². The molecule has 0 unspecified atom stereocenters. The maximum atomic E-state index is 12.3. The van der Waals surface area contributed by atoms with Crippen LogP contribution in [0.1, 0.15) is 72.9 Å². The molecule has 7 heteroatoms. The number of ether oxygens (including phenoxy) is 1. The van der Waals surface area contributed by atoms with Crippen molar-refractivity contribution in [2.24, 2.45) is 0 Å². The zero-order chi connectivity index (χ0) is 20.1. The molecule has 1 aliphatic carbocycles. The Morgan fingerprint density at radius 3 is 2.57 bits per heavy atom. The number of aromatic nitrogens is 3. The number of nitrogens with one attached hydrogen (secondary N) is 1. The molecular formula is C21H25N5O2. The van der Waals surface area contributed by atoms with E-state index in [-0.39, 0.29) is 29.8 Å². The maximum Gasteiger partial charge on any atom is 0.291 e. The molecule has 0 bridgehead atoms. The van der Waals surface area contributed by atoms with Gasteiger partial charge in [0, 0.05) is 6.04 Å². The van der Waals surface area contributed by atoms with Gasteiger partial charge in [0.05, 0.1) is 29.6 Å². The zero-order valence-electron chi connectivity index (χ0n) is 16.5. The van der Waals surface area contributed by atoms with E-state index in [0.29, 0.717) is 5.56 Å². The number of hydrogen-bond acceptors (Lipinski definition) is 6. The zero-order valence-corrected chi connectivity index (χ0v) is 16.5. The van der Waals surface area contributed by atoms with Crippen LogP contribution >= 0.6 is 0 Å². The lowest BCUT2D eigenvalue weighted by Gasteiger charge is -2.29. The summed E-state index contributed by atoms with van der Waals surface area (Å²) in [7, 11) is 0. The smallest absolute Gasteiger partial charge is 0.291 e. The van der Waals surface area contributed by atoms with Crippen molar-refractivity contribution in [3.63, 3.8) is 0 Å². The molecule has 2 aromatic rings. The summed E-state index contributed by atoms with van der Waals surface area (Å²) in [5.74, 6) is 0.840. The molecule has 1 fully saturated rings. The van der Waals surface area contributed by atoms with Gasteiger partial charge in [-0.25, -0.2) is 4.98 Å². The number of rotatable bonds is 5. The molecule has 146 valence electrons. The molecule has 1 amide bonds. The summed E-state index contributed by atoms with van der Waals surface area (Å²) in [5, 5.41) is 20.0. The average molecular weight is 379 g/mol. The Balaban J connectivity index is 1.49. The van der Waals surface area contributed by atoms with Crippen LogP contribution in [0.2, 0.25) is 0 Å². The Morgan fingerprint density at radius 1 is 1.25 bits per heavy atom. The molecule has 0 spiro atoms. The molecule has 3 rings (SSSR count). The first-order valence-electron chi connectivity index (χ1n) is 9.64. The molecule has 28 heavy (non-hydrogen) atoms. The highest BCUT2D eigenvalue weighted by Crippen LogP contribution is 2.25. The van der Waals surface area contributed by atoms with E-state index in [4.69, 9.17) is 10.00 Å². The first-order chi connectivity index (χ1) is 13.5. The van der Waals surface area contributed by atoms with Crippen molar-refractivity contribution in [1.29, 1.82) is 5.26 Å². The Bertz CT molecular complexity index is 865. The van der Waals surface area contributed by atoms with Crippen LogP contribution in [0.5, 0.6) is 5.75 Å². The van der Waals surface area contributed by atoms with Crippen molar-refractivity contribution < 1.29 is 9.53 Å². The van der Waals surface area contributed by atoms with Gasteiger partial charge in [-0.1, -0.05) is 13.8 Å². The van der Waals surface area contributed by atoms with Crippen molar-refractivity contribution in [2.45, 2.75) is 64.5 Å². The minimum absolute atomic E-state index is 0.0865. The van der Waals surface area contributed by atoms with Crippen LogP contribution in [0.25, 0.3) is 0 Å². The highest BCUT2D eigenvalue weighted by Gasteiger charge is 2.25. The van der Waals surface area contributed by atoms with Crippen molar-refractivity contribution >= 4 is 5.91 Å². The number of benzene rings is 1. The van der Waals surface area contributed by atoms with Gasteiger partial charge in [-0.3, -0.25) is 4.79 Å². The molecule has 0 aliphatic heterocycles. The molecule has 1 aliphatic rings. The lowest BCUT2D eigenvalue weighted by molar-refractivity contribution is 0.0882. The molecule has 1 aromatic carbocycles. The highest BCUT2D eigenvalue weighted by molar-refractivity contribution is 5.90. The van der Waals surface area contributed by atoms with Gasteiger partial charge < -0.3 is 10.1 Å². The molecule has 1 heterocycles. The van der Waals surface area contributed by atoms with E-state index in [2.05, 4.69) is 26.6 Å². The van der Waals surface area contributed by atoms with E-state index in [1.807, 2.05) is 32.9 Å². The topological polar surface area (TPSA) is 101 Å². The third-order valence-electron chi connectivity index (χ3n) is 5.00. The number of nitrogens with zero attached hydrogens (tertiary/aromatic N) is 4. The van der Waals surface area contributed by atoms with Crippen LogP contribution in [-0.4, -0.2) is 33.2 Å². The fourth-order valence-electron chi connectivity index (χ4n) is 3.25. The summed E-state index contributed by atoms with van der Waals surface area (Å²) in [5.41, 5.74) is 2.35. The first-order valence-corrected chi connectivity index (χ1v) is 9.64. The van der Waals surface area contributed by atoms with Gasteiger partial charge in [0.25, 0.3) is 5.91 Å². The maximum absolute atomic E-state index is 12.3. The van der Waals surface area contributed by atoms with Crippen LogP contribution in [-0.2, 0) is 0 Å². The minimum Gasteiger partial charge on any atom is -0.490 e. The van der Waals surface area contributed by atoms with E-state index >= 15 is 0 Å². The largest absolute Gasteiger partial charge is 0.490 e. The second-order valence-electron chi connectivity index (χ2n) is 7.51. The summed E-state index contributed by atoms with van der Waals surface area (Å²) in [6, 6.07) is 7.77. The molecule has 1 aromatic heterocycles. The molecular weight excluding hydrogens is 354 g/mol. The van der Waals surface area contributed by atoms with Gasteiger partial charge in [-0.2, -0.15) is 10.4 Å². The summed E-state index contributed by atoms with van der Waals surface area (Å²) in [6.45, 7) is 5.92. The fourth-order valence-corrected chi connectivity index (χ4v) is 3.25. The summed E-state index contributed by atoms with van der Waals surface area (Å²) in [6.07, 6.45) is 5.11. The van der Waals surface area contributed by atoms with Crippen LogP contribution in [0, 0.1) is 18.3 Å². The molecule has 0 radical (unpaired) electrons. The highest BCUT2D eigenvalue weighted by atomic mass is 16.5. The number of hydrogen-bond donors (Lipinski definition) is 1. The summed E-state index contributed by atoms with van der Waals surface area (Å²) in [4.78, 5) is 16.5.